The molecule has 1 amide bonds. The molecule has 0 bridgehead atoms. The molecule has 0 saturated heterocycles. The Morgan fingerprint density at radius 3 is 3.00 bits per heavy atom. The summed E-state index contributed by atoms with van der Waals surface area (Å²) in [7, 11) is 1.59. The van der Waals surface area contributed by atoms with E-state index in [2.05, 4.69) is 15.6 Å². The molecule has 9 heteroatoms. The van der Waals surface area contributed by atoms with Crippen LogP contribution in [0.25, 0.3) is 0 Å². The fraction of sp³-hybridized carbons (Fsp3) is 0.286. The molecule has 0 saturated carbocycles. The summed E-state index contributed by atoms with van der Waals surface area (Å²) in [5.74, 6) is -0.146. The number of hydrogen-bond donors (Lipinski definition) is 2. The van der Waals surface area contributed by atoms with Crippen LogP contribution in [-0.4, -0.2) is 44.8 Å². The van der Waals surface area contributed by atoms with Gasteiger partial charge in [0.25, 0.3) is 0 Å². The normalized spacial score (nSPS) is 10.3. The number of thioether (sulfide) groups is 1. The van der Waals surface area contributed by atoms with E-state index in [-0.39, 0.29) is 24.7 Å². The van der Waals surface area contributed by atoms with Crippen molar-refractivity contribution in [2.75, 3.05) is 12.9 Å². The monoisotopic (exact) mass is 336 g/mol. The van der Waals surface area contributed by atoms with Crippen LogP contribution in [0.2, 0.25) is 0 Å². The van der Waals surface area contributed by atoms with Gasteiger partial charge in [-0.25, -0.2) is 4.68 Å². The van der Waals surface area contributed by atoms with E-state index in [0.717, 1.165) is 10.6 Å². The number of nitrogens with zero attached hydrogens (tertiary/aromatic N) is 3. The first kappa shape index (κ1) is 16.8. The average molecular weight is 336 g/mol. The third-order valence-corrected chi connectivity index (χ3v) is 3.75. The molecule has 0 aliphatic carbocycles. The van der Waals surface area contributed by atoms with E-state index in [0.29, 0.717) is 5.69 Å². The third-order valence-electron chi connectivity index (χ3n) is 2.76. The van der Waals surface area contributed by atoms with Crippen LogP contribution >= 0.6 is 11.8 Å². The van der Waals surface area contributed by atoms with Crippen LogP contribution in [0.4, 0.5) is 0 Å². The molecule has 0 radical (unpaired) electrons. The molecule has 2 N–H and O–H groups in total. The lowest BCUT2D eigenvalue weighted by Crippen LogP contribution is -2.24. The van der Waals surface area contributed by atoms with Crippen molar-refractivity contribution < 1.29 is 19.4 Å². The predicted octanol–water partition coefficient (Wildman–Crippen LogP) is 0.780. The number of methoxy groups -OCH3 is 1. The molecule has 0 aliphatic rings. The number of aliphatic carboxylic acids is 1. The van der Waals surface area contributed by atoms with Crippen molar-refractivity contribution in [1.82, 2.24) is 20.3 Å². The van der Waals surface area contributed by atoms with E-state index in [9.17, 15) is 9.59 Å². The number of carbonyl (C=O) groups is 2. The summed E-state index contributed by atoms with van der Waals surface area (Å²) in [6.07, 6.45) is 1.49. The van der Waals surface area contributed by atoms with Gasteiger partial charge in [0.1, 0.15) is 18.0 Å². The van der Waals surface area contributed by atoms with Crippen LogP contribution in [0.5, 0.6) is 5.75 Å². The molecule has 23 heavy (non-hydrogen) atoms. The van der Waals surface area contributed by atoms with Crippen molar-refractivity contribution in [3.63, 3.8) is 0 Å². The van der Waals surface area contributed by atoms with Gasteiger partial charge in [0, 0.05) is 4.90 Å². The Kier molecular flexibility index (Phi) is 5.98. The first-order valence-corrected chi connectivity index (χ1v) is 7.69. The summed E-state index contributed by atoms with van der Waals surface area (Å²) in [5, 5.41) is 18.8. The highest BCUT2D eigenvalue weighted by atomic mass is 32.2. The Morgan fingerprint density at radius 2 is 2.26 bits per heavy atom. The van der Waals surface area contributed by atoms with E-state index in [1.165, 1.54) is 22.6 Å². The molecule has 1 heterocycles. The van der Waals surface area contributed by atoms with E-state index in [1.54, 1.807) is 7.11 Å². The van der Waals surface area contributed by atoms with Crippen LogP contribution in [0.1, 0.15) is 5.69 Å². The number of benzene rings is 1. The minimum Gasteiger partial charge on any atom is -0.497 e. The van der Waals surface area contributed by atoms with Crippen LogP contribution < -0.4 is 10.1 Å². The highest BCUT2D eigenvalue weighted by Crippen LogP contribution is 2.22. The van der Waals surface area contributed by atoms with Crippen molar-refractivity contribution in [2.45, 2.75) is 18.0 Å². The number of aromatic nitrogens is 3. The van der Waals surface area contributed by atoms with Gasteiger partial charge in [-0.05, 0) is 18.2 Å². The van der Waals surface area contributed by atoms with E-state index >= 15 is 0 Å². The Bertz CT molecular complexity index is 689. The number of carbonyl (C=O) groups excluding carboxylic acids is 1. The first-order chi connectivity index (χ1) is 11.1. The molecular formula is C14H16N4O4S. The minimum atomic E-state index is -1.000. The molecule has 0 atom stereocenters. The van der Waals surface area contributed by atoms with E-state index in [1.807, 2.05) is 24.3 Å². The number of carboxylic acid groups (broad SMARTS) is 1. The van der Waals surface area contributed by atoms with Gasteiger partial charge < -0.3 is 15.2 Å². The summed E-state index contributed by atoms with van der Waals surface area (Å²) in [6.45, 7) is -0.0518. The SMILES string of the molecule is COc1cccc(SCC(=O)NCc2cn(CC(=O)O)nn2)c1. The maximum absolute atomic E-state index is 11.8. The standard InChI is InChI=1S/C14H16N4O4S/c1-22-11-3-2-4-12(5-11)23-9-13(19)15-6-10-7-18(17-16-10)8-14(20)21/h2-5,7H,6,8-9H2,1H3,(H,15,19)(H,20,21). The van der Waals surface area contributed by atoms with E-state index in [4.69, 9.17) is 9.84 Å². The van der Waals surface area contributed by atoms with Gasteiger partial charge in [-0.1, -0.05) is 11.3 Å². The zero-order valence-corrected chi connectivity index (χ0v) is 13.2. The predicted molar refractivity (Wildman–Crippen MR) is 83.2 cm³/mol. The maximum Gasteiger partial charge on any atom is 0.325 e. The first-order valence-electron chi connectivity index (χ1n) is 6.71. The maximum atomic E-state index is 11.8. The van der Waals surface area contributed by atoms with Crippen LogP contribution in [0.15, 0.2) is 35.4 Å². The zero-order valence-electron chi connectivity index (χ0n) is 12.4. The second kappa shape index (κ2) is 8.18. The Labute approximate surface area is 136 Å². The highest BCUT2D eigenvalue weighted by Gasteiger charge is 2.07. The number of hydrogen-bond acceptors (Lipinski definition) is 6. The molecule has 2 aromatic rings. The summed E-state index contributed by atoms with van der Waals surface area (Å²) in [6, 6.07) is 7.46. The average Bonchev–Trinajstić information content (AvgIpc) is 2.98. The Hall–Kier alpha value is -2.55. The zero-order chi connectivity index (χ0) is 16.7. The summed E-state index contributed by atoms with van der Waals surface area (Å²) in [4.78, 5) is 23.3. The smallest absolute Gasteiger partial charge is 0.325 e. The van der Waals surface area contributed by atoms with Crippen LogP contribution in [0.3, 0.4) is 0 Å². The lowest BCUT2D eigenvalue weighted by molar-refractivity contribution is -0.137. The largest absolute Gasteiger partial charge is 0.497 e. The van der Waals surface area contributed by atoms with Gasteiger partial charge in [0.2, 0.25) is 5.91 Å². The molecule has 122 valence electrons. The van der Waals surface area contributed by atoms with Crippen LogP contribution in [-0.2, 0) is 22.7 Å². The lowest BCUT2D eigenvalue weighted by Gasteiger charge is -2.05. The molecule has 0 fully saturated rings. The second-order valence-corrected chi connectivity index (χ2v) is 5.59. The van der Waals surface area contributed by atoms with Gasteiger partial charge in [0.15, 0.2) is 0 Å². The highest BCUT2D eigenvalue weighted by molar-refractivity contribution is 8.00. The van der Waals surface area contributed by atoms with Gasteiger partial charge in [0.05, 0.1) is 25.6 Å². The molecule has 2 rings (SSSR count). The van der Waals surface area contributed by atoms with Gasteiger partial charge in [-0.3, -0.25) is 9.59 Å². The number of rotatable bonds is 8. The number of ether oxygens (including phenoxy) is 1. The van der Waals surface area contributed by atoms with Crippen molar-refractivity contribution >= 4 is 23.6 Å². The number of carboxylic acids is 1. The fourth-order valence-corrected chi connectivity index (χ4v) is 2.49. The van der Waals surface area contributed by atoms with Crippen molar-refractivity contribution in [1.29, 1.82) is 0 Å². The Morgan fingerprint density at radius 1 is 1.43 bits per heavy atom. The number of nitrogens with one attached hydrogen (secondary N) is 1. The van der Waals surface area contributed by atoms with Crippen molar-refractivity contribution in [3.8, 4) is 5.75 Å². The molecule has 0 unspecified atom stereocenters. The quantitative estimate of drug-likeness (QED) is 0.686. The Balaban J connectivity index is 1.76. The van der Waals surface area contributed by atoms with Crippen molar-refractivity contribution in [2.24, 2.45) is 0 Å². The summed E-state index contributed by atoms with van der Waals surface area (Å²) >= 11 is 1.40. The molecule has 0 aliphatic heterocycles. The lowest BCUT2D eigenvalue weighted by atomic mass is 10.3. The molecular weight excluding hydrogens is 320 g/mol. The van der Waals surface area contributed by atoms with Gasteiger partial charge in [-0.15, -0.1) is 16.9 Å². The van der Waals surface area contributed by atoms with E-state index < -0.39 is 5.97 Å². The summed E-state index contributed by atoms with van der Waals surface area (Å²) in [5.41, 5.74) is 0.506. The third kappa shape index (κ3) is 5.62. The molecule has 1 aromatic heterocycles. The molecule has 8 nitrogen and oxygen atoms in total. The second-order valence-electron chi connectivity index (χ2n) is 4.55. The van der Waals surface area contributed by atoms with Gasteiger partial charge in [-0.2, -0.15) is 0 Å². The molecule has 0 spiro atoms. The van der Waals surface area contributed by atoms with Gasteiger partial charge >= 0.3 is 5.97 Å². The topological polar surface area (TPSA) is 106 Å². The summed E-state index contributed by atoms with van der Waals surface area (Å²) < 4.78 is 6.33. The fourth-order valence-electron chi connectivity index (χ4n) is 1.72. The van der Waals surface area contributed by atoms with Crippen molar-refractivity contribution in [3.05, 3.63) is 36.2 Å². The minimum absolute atomic E-state index is 0.148. The van der Waals surface area contributed by atoms with Crippen LogP contribution in [0, 0.1) is 0 Å². The molecule has 1 aromatic carbocycles. The number of amides is 1.